The second-order valence-corrected chi connectivity index (χ2v) is 12.4. The van der Waals surface area contributed by atoms with Gasteiger partial charge in [0.2, 0.25) is 0 Å². The molecule has 0 atom stereocenters. The van der Waals surface area contributed by atoms with Gasteiger partial charge in [0.15, 0.2) is 0 Å². The maximum Gasteiger partial charge on any atom is 0.303 e. The molecular formula is C44H29CuN5O2. The van der Waals surface area contributed by atoms with Crippen LogP contribution in [0.25, 0.3) is 73.8 Å². The number of aromatic amines is 1. The summed E-state index contributed by atoms with van der Waals surface area (Å²) in [7, 11) is 0. The Morgan fingerprint density at radius 1 is 0.577 bits per heavy atom. The van der Waals surface area contributed by atoms with Gasteiger partial charge in [-0.25, -0.2) is 9.97 Å². The molecule has 253 valence electrons. The minimum absolute atomic E-state index is 0. The van der Waals surface area contributed by atoms with Crippen LogP contribution in [-0.2, 0) is 17.1 Å². The summed E-state index contributed by atoms with van der Waals surface area (Å²) in [6.45, 7) is 0. The number of nitrogens with one attached hydrogen (secondary N) is 1. The van der Waals surface area contributed by atoms with Gasteiger partial charge >= 0.3 is 5.69 Å². The molecule has 8 bridgehead atoms. The van der Waals surface area contributed by atoms with Gasteiger partial charge in [-0.3, -0.25) is 10.1 Å². The molecule has 7 nitrogen and oxygen atoms in total. The molecule has 0 unspecified atom stereocenters. The van der Waals surface area contributed by atoms with Gasteiger partial charge in [0.25, 0.3) is 0 Å². The zero-order valence-corrected chi connectivity index (χ0v) is 28.5. The van der Waals surface area contributed by atoms with Gasteiger partial charge < -0.3 is 9.55 Å². The van der Waals surface area contributed by atoms with Gasteiger partial charge in [-0.2, -0.15) is 0 Å². The number of fused-ring (bicyclic) bond motifs is 8. The van der Waals surface area contributed by atoms with Crippen LogP contribution < -0.4 is 0 Å². The number of H-pyrrole nitrogens is 1. The Bertz CT molecular complexity index is 2700. The molecule has 8 heteroatoms. The maximum atomic E-state index is 13.5. The van der Waals surface area contributed by atoms with Crippen molar-refractivity contribution in [2.24, 2.45) is 0 Å². The normalized spacial score (nSPS) is 11.9. The van der Waals surface area contributed by atoms with E-state index in [2.05, 4.69) is 23.2 Å². The van der Waals surface area contributed by atoms with Crippen LogP contribution in [0, 0.1) is 10.1 Å². The molecule has 3 aromatic heterocycles. The van der Waals surface area contributed by atoms with Crippen molar-refractivity contribution < 1.29 is 22.0 Å². The topological polar surface area (TPSA) is 89.6 Å². The van der Waals surface area contributed by atoms with Crippen molar-refractivity contribution in [1.82, 2.24) is 19.5 Å². The minimum Gasteiger partial charge on any atom is -0.355 e. The molecule has 0 saturated heterocycles. The molecule has 4 aromatic carbocycles. The Morgan fingerprint density at radius 3 is 1.69 bits per heavy atom. The molecule has 2 aliphatic rings. The van der Waals surface area contributed by atoms with E-state index in [0.717, 1.165) is 55.9 Å². The number of benzene rings is 4. The smallest absolute Gasteiger partial charge is 0.303 e. The average molecular weight is 723 g/mol. The first-order chi connectivity index (χ1) is 25.1. The van der Waals surface area contributed by atoms with Crippen molar-refractivity contribution >= 4 is 51.6 Å². The Kier molecular flexibility index (Phi) is 8.53. The Morgan fingerprint density at radius 2 is 1.10 bits per heavy atom. The molecule has 0 spiro atoms. The fraction of sp³-hybridized carbons (Fsp3) is 0. The summed E-state index contributed by atoms with van der Waals surface area (Å²) in [5.74, 6) is 0. The zero-order valence-electron chi connectivity index (χ0n) is 27.6. The molecule has 0 saturated carbocycles. The van der Waals surface area contributed by atoms with Crippen LogP contribution in [0.4, 0.5) is 5.69 Å². The van der Waals surface area contributed by atoms with E-state index in [9.17, 15) is 10.1 Å². The Balaban J connectivity index is 0.00000387. The molecule has 0 aliphatic carbocycles. The second kappa shape index (κ2) is 13.6. The maximum absolute atomic E-state index is 13.5. The van der Waals surface area contributed by atoms with Crippen LogP contribution in [0.3, 0.4) is 0 Å². The summed E-state index contributed by atoms with van der Waals surface area (Å²) < 4.78 is 2.01. The van der Waals surface area contributed by atoms with E-state index >= 15 is 0 Å². The summed E-state index contributed by atoms with van der Waals surface area (Å²) in [6, 6.07) is 49.5. The third-order valence-electron chi connectivity index (χ3n) is 9.15. The Hall–Kier alpha value is -6.60. The van der Waals surface area contributed by atoms with Crippen molar-refractivity contribution in [3.63, 3.8) is 0 Å². The van der Waals surface area contributed by atoms with Crippen LogP contribution in [0.15, 0.2) is 152 Å². The van der Waals surface area contributed by atoms with E-state index in [4.69, 9.17) is 9.97 Å². The van der Waals surface area contributed by atoms with Gasteiger partial charge in [0, 0.05) is 44.9 Å². The Labute approximate surface area is 309 Å². The third kappa shape index (κ3) is 5.86. The standard InChI is InChI=1S/C44H29N5O2.Cu/c50-49(51)43-39-28-35-24-23-33(46-35)25-32-21-22-34(45-32)26-36-27-38(29-13-5-1-6-14-29)42(47-36)40(30-15-7-2-8-16-30)44(41(43)31-17-9-3-10-18-31)48(39)37-19-11-4-12-20-37;/h1-28,45H;. The fourth-order valence-electron chi connectivity index (χ4n) is 7.00. The predicted molar refractivity (Wildman–Crippen MR) is 206 cm³/mol. The van der Waals surface area contributed by atoms with Crippen molar-refractivity contribution in [3.05, 3.63) is 190 Å². The van der Waals surface area contributed by atoms with Gasteiger partial charge in [-0.15, -0.1) is 0 Å². The van der Waals surface area contributed by atoms with Crippen molar-refractivity contribution in [2.45, 2.75) is 0 Å². The quantitative estimate of drug-likeness (QED) is 0.109. The first-order valence-corrected chi connectivity index (χ1v) is 16.7. The van der Waals surface area contributed by atoms with E-state index in [0.29, 0.717) is 28.0 Å². The van der Waals surface area contributed by atoms with Crippen LogP contribution in [-0.4, -0.2) is 24.4 Å². The first kappa shape index (κ1) is 32.6. The predicted octanol–water partition coefficient (Wildman–Crippen LogP) is 10.8. The molecule has 1 radical (unpaired) electrons. The first-order valence-electron chi connectivity index (χ1n) is 16.7. The van der Waals surface area contributed by atoms with Crippen molar-refractivity contribution in [3.8, 4) is 27.9 Å². The second-order valence-electron chi connectivity index (χ2n) is 12.4. The van der Waals surface area contributed by atoms with Crippen molar-refractivity contribution in [2.75, 3.05) is 0 Å². The molecule has 52 heavy (non-hydrogen) atoms. The fourth-order valence-corrected chi connectivity index (χ4v) is 7.00. The van der Waals surface area contributed by atoms with Gasteiger partial charge in [0.05, 0.1) is 38.8 Å². The number of hydrogen-bond acceptors (Lipinski definition) is 4. The van der Waals surface area contributed by atoms with E-state index in [1.54, 1.807) is 0 Å². The largest absolute Gasteiger partial charge is 0.355 e. The number of nitro groups is 1. The summed E-state index contributed by atoms with van der Waals surface area (Å²) in [6.07, 6.45) is 5.92. The van der Waals surface area contributed by atoms with Crippen LogP contribution >= 0.6 is 0 Å². The van der Waals surface area contributed by atoms with E-state index in [1.165, 1.54) is 0 Å². The van der Waals surface area contributed by atoms with Gasteiger partial charge in [-0.1, -0.05) is 109 Å². The van der Waals surface area contributed by atoms with Crippen molar-refractivity contribution in [1.29, 1.82) is 0 Å². The van der Waals surface area contributed by atoms with Gasteiger partial charge in [-0.05, 0) is 77.4 Å². The van der Waals surface area contributed by atoms with Gasteiger partial charge in [0.1, 0.15) is 5.52 Å². The summed E-state index contributed by atoms with van der Waals surface area (Å²) in [5.41, 5.74) is 11.2. The third-order valence-corrected chi connectivity index (χ3v) is 9.15. The van der Waals surface area contributed by atoms with E-state index < -0.39 is 0 Å². The minimum atomic E-state index is -0.264. The summed E-state index contributed by atoms with van der Waals surface area (Å²) >= 11 is 0. The number of nitrogens with zero attached hydrogens (tertiary/aromatic N) is 4. The van der Waals surface area contributed by atoms with Crippen LogP contribution in [0.5, 0.6) is 0 Å². The SMILES string of the molecule is O=[N+]([O-])c1c(-c2ccccc2)c2c(-c3ccccc3)c3nc(cc4ccc(cc5nc(cc1n2-c1ccccc1)C=C5)[nH]4)C=C3c1ccccc1.[Cu]. The molecular weight excluding hydrogens is 694 g/mol. The molecule has 0 fully saturated rings. The monoisotopic (exact) mass is 722 g/mol. The molecule has 1 N–H and O–H groups in total. The number of hydrogen-bond donors (Lipinski definition) is 1. The van der Waals surface area contributed by atoms with Crippen LogP contribution in [0.2, 0.25) is 0 Å². The average Bonchev–Trinajstić information content (AvgIpc) is 3.97. The van der Waals surface area contributed by atoms with E-state index in [1.807, 2.05) is 156 Å². The molecule has 0 amide bonds. The number of rotatable bonds is 5. The van der Waals surface area contributed by atoms with E-state index in [-0.39, 0.29) is 27.7 Å². The molecule has 5 heterocycles. The molecule has 2 aliphatic heterocycles. The number of para-hydroxylation sites is 1. The summed E-state index contributed by atoms with van der Waals surface area (Å²) in [5, 5.41) is 13.5. The summed E-state index contributed by atoms with van der Waals surface area (Å²) in [4.78, 5) is 27.0. The van der Waals surface area contributed by atoms with Crippen LogP contribution in [0.1, 0.15) is 28.3 Å². The molecule has 9 rings (SSSR count). The zero-order chi connectivity index (χ0) is 34.3. The molecule has 7 aromatic rings. The number of aromatic nitrogens is 4.